The molecule has 0 spiro atoms. The number of anilines is 1. The fourth-order valence-corrected chi connectivity index (χ4v) is 5.18. The first-order valence-electron chi connectivity index (χ1n) is 11.8. The smallest absolute Gasteiger partial charge is 0.269 e. The number of hydrogen-bond acceptors (Lipinski definition) is 7. The average Bonchev–Trinajstić information content (AvgIpc) is 2.81. The molecule has 1 amide bonds. The molecule has 3 aliphatic heterocycles. The Kier molecular flexibility index (Phi) is 7.27. The minimum absolute atomic E-state index is 0.0599. The van der Waals surface area contributed by atoms with Crippen molar-refractivity contribution in [1.82, 2.24) is 15.1 Å². The molecule has 1 aromatic rings. The molecule has 9 heteroatoms. The van der Waals surface area contributed by atoms with E-state index in [0.29, 0.717) is 19.0 Å². The molecule has 3 heterocycles. The van der Waals surface area contributed by atoms with E-state index >= 15 is 0 Å². The molecule has 0 aliphatic carbocycles. The molecule has 2 fully saturated rings. The number of nitro benzene ring substituents is 1. The van der Waals surface area contributed by atoms with Gasteiger partial charge in [0.05, 0.1) is 30.1 Å². The van der Waals surface area contributed by atoms with E-state index in [1.165, 1.54) is 0 Å². The molecule has 2 saturated heterocycles. The minimum Gasteiger partial charge on any atom is -0.379 e. The maximum absolute atomic E-state index is 13.3. The molecule has 0 bridgehead atoms. The number of nitrogens with one attached hydrogen (secondary N) is 1. The lowest BCUT2D eigenvalue weighted by molar-refractivity contribution is -0.384. The first kappa shape index (κ1) is 22.9. The lowest BCUT2D eigenvalue weighted by atomic mass is 9.83. The normalized spacial score (nSPS) is 24.2. The van der Waals surface area contributed by atoms with Crippen LogP contribution in [0.25, 0.3) is 0 Å². The van der Waals surface area contributed by atoms with Crippen LogP contribution in [-0.4, -0.2) is 91.7 Å². The van der Waals surface area contributed by atoms with Crippen molar-refractivity contribution in [3.05, 3.63) is 33.9 Å². The van der Waals surface area contributed by atoms with E-state index in [2.05, 4.69) is 33.9 Å². The number of fused-ring (bicyclic) bond motifs is 3. The number of non-ortho nitro benzene ring substituents is 1. The molecule has 1 N–H and O–H groups in total. The third-order valence-electron chi connectivity index (χ3n) is 7.06. The number of rotatable bonds is 7. The van der Waals surface area contributed by atoms with Crippen LogP contribution in [0, 0.1) is 16.0 Å². The van der Waals surface area contributed by atoms with Crippen molar-refractivity contribution >= 4 is 17.3 Å². The number of nitrogens with zero attached hydrogens (tertiary/aromatic N) is 4. The molecule has 176 valence electrons. The molecule has 2 unspecified atom stereocenters. The van der Waals surface area contributed by atoms with Crippen molar-refractivity contribution in [2.45, 2.75) is 38.8 Å². The van der Waals surface area contributed by atoms with Crippen molar-refractivity contribution < 1.29 is 14.5 Å². The highest BCUT2D eigenvalue weighted by atomic mass is 16.6. The molecule has 2 atom stereocenters. The lowest BCUT2D eigenvalue weighted by Gasteiger charge is -2.50. The van der Waals surface area contributed by atoms with E-state index < -0.39 is 0 Å². The Morgan fingerprint density at radius 3 is 2.75 bits per heavy atom. The van der Waals surface area contributed by atoms with E-state index in [1.54, 1.807) is 12.1 Å². The summed E-state index contributed by atoms with van der Waals surface area (Å²) in [6, 6.07) is 5.60. The van der Waals surface area contributed by atoms with Crippen LogP contribution in [0.1, 0.15) is 25.8 Å². The predicted molar refractivity (Wildman–Crippen MR) is 123 cm³/mol. The summed E-state index contributed by atoms with van der Waals surface area (Å²) in [5.74, 6) is -0.154. The van der Waals surface area contributed by atoms with Crippen LogP contribution >= 0.6 is 0 Å². The number of carbonyl (C=O) groups excluding carboxylic acids is 1. The van der Waals surface area contributed by atoms with Crippen LogP contribution in [0.3, 0.4) is 0 Å². The van der Waals surface area contributed by atoms with Gasteiger partial charge in [-0.3, -0.25) is 24.7 Å². The number of nitro groups is 1. The molecule has 9 nitrogen and oxygen atoms in total. The molecule has 1 aromatic carbocycles. The average molecular weight is 446 g/mol. The van der Waals surface area contributed by atoms with Crippen molar-refractivity contribution in [2.24, 2.45) is 5.92 Å². The fourth-order valence-electron chi connectivity index (χ4n) is 5.18. The predicted octanol–water partition coefficient (Wildman–Crippen LogP) is 1.50. The maximum atomic E-state index is 13.3. The van der Waals surface area contributed by atoms with E-state index in [4.69, 9.17) is 4.74 Å². The zero-order valence-corrected chi connectivity index (χ0v) is 19.2. The monoisotopic (exact) mass is 445 g/mol. The molecule has 4 rings (SSSR count). The van der Waals surface area contributed by atoms with Gasteiger partial charge in [-0.15, -0.1) is 0 Å². The maximum Gasteiger partial charge on any atom is 0.269 e. The summed E-state index contributed by atoms with van der Waals surface area (Å²) in [6.45, 7) is 12.0. The number of hydrogen-bond donors (Lipinski definition) is 1. The number of carbonyl (C=O) groups is 1. The van der Waals surface area contributed by atoms with Gasteiger partial charge in [-0.1, -0.05) is 0 Å². The first-order valence-corrected chi connectivity index (χ1v) is 11.8. The lowest BCUT2D eigenvalue weighted by Crippen LogP contribution is -2.62. The van der Waals surface area contributed by atoms with Crippen LogP contribution in [0.2, 0.25) is 0 Å². The van der Waals surface area contributed by atoms with Crippen molar-refractivity contribution in [3.8, 4) is 0 Å². The van der Waals surface area contributed by atoms with Crippen molar-refractivity contribution in [2.75, 3.05) is 63.9 Å². The highest BCUT2D eigenvalue weighted by Gasteiger charge is 2.42. The second kappa shape index (κ2) is 10.1. The summed E-state index contributed by atoms with van der Waals surface area (Å²) < 4.78 is 5.39. The number of ether oxygens (including phenoxy) is 1. The van der Waals surface area contributed by atoms with Crippen LogP contribution in [0.15, 0.2) is 18.2 Å². The van der Waals surface area contributed by atoms with Crippen LogP contribution in [-0.2, 0) is 16.0 Å². The van der Waals surface area contributed by atoms with Gasteiger partial charge in [0.25, 0.3) is 5.69 Å². The number of benzene rings is 1. The Bertz CT molecular complexity index is 827. The van der Waals surface area contributed by atoms with Crippen molar-refractivity contribution in [1.29, 1.82) is 0 Å². The Morgan fingerprint density at radius 1 is 1.25 bits per heavy atom. The number of amides is 1. The molecule has 32 heavy (non-hydrogen) atoms. The third kappa shape index (κ3) is 5.05. The van der Waals surface area contributed by atoms with Gasteiger partial charge in [0.1, 0.15) is 0 Å². The van der Waals surface area contributed by atoms with Crippen molar-refractivity contribution in [3.63, 3.8) is 0 Å². The van der Waals surface area contributed by atoms with Gasteiger partial charge in [0, 0.05) is 63.1 Å². The number of morpholine rings is 1. The van der Waals surface area contributed by atoms with E-state index in [-0.39, 0.29) is 28.5 Å². The topological polar surface area (TPSA) is 91.2 Å². The second-order valence-corrected chi connectivity index (χ2v) is 9.33. The third-order valence-corrected chi connectivity index (χ3v) is 7.06. The molecular formula is C23H35N5O4. The molecule has 0 saturated carbocycles. The largest absolute Gasteiger partial charge is 0.379 e. The Balaban J connectivity index is 1.45. The minimum atomic E-state index is -0.357. The van der Waals surface area contributed by atoms with E-state index in [0.717, 1.165) is 70.2 Å². The highest BCUT2D eigenvalue weighted by molar-refractivity contribution is 5.82. The number of piperazine rings is 1. The van der Waals surface area contributed by atoms with Crippen LogP contribution in [0.5, 0.6) is 0 Å². The Hall–Kier alpha value is -2.23. The first-order chi connectivity index (χ1) is 15.4. The zero-order valence-electron chi connectivity index (χ0n) is 19.2. The highest BCUT2D eigenvalue weighted by Crippen LogP contribution is 2.38. The summed E-state index contributed by atoms with van der Waals surface area (Å²) in [4.78, 5) is 31.3. The van der Waals surface area contributed by atoms with E-state index in [9.17, 15) is 14.9 Å². The summed E-state index contributed by atoms with van der Waals surface area (Å²) in [7, 11) is 0. The molecule has 0 aromatic heterocycles. The summed E-state index contributed by atoms with van der Waals surface area (Å²) in [6.07, 6.45) is 1.45. The Morgan fingerprint density at radius 2 is 2.03 bits per heavy atom. The van der Waals surface area contributed by atoms with Gasteiger partial charge < -0.3 is 15.0 Å². The standard InChI is InChI=1S/C23H35N5O4/c1-17(2)26-8-9-27-21-5-4-19(28(30)31)14-18(21)15-20(22(27)16-26)23(29)24-6-3-7-25-10-12-32-13-11-25/h4-5,14,17,20,22H,3,6-13,15-16H2,1-2H3,(H,24,29). The summed E-state index contributed by atoms with van der Waals surface area (Å²) in [5.41, 5.74) is 2.04. The SMILES string of the molecule is CC(C)N1CCN2c3ccc([N+](=O)[O-])cc3CC(C(=O)NCCCN3CCOCC3)C2C1. The fraction of sp³-hybridized carbons (Fsp3) is 0.696. The van der Waals surface area contributed by atoms with Crippen LogP contribution in [0.4, 0.5) is 11.4 Å². The molecule has 0 radical (unpaired) electrons. The van der Waals surface area contributed by atoms with Gasteiger partial charge in [-0.25, -0.2) is 0 Å². The second-order valence-electron chi connectivity index (χ2n) is 9.33. The van der Waals surface area contributed by atoms with Gasteiger partial charge in [0.15, 0.2) is 0 Å². The molecular weight excluding hydrogens is 410 g/mol. The van der Waals surface area contributed by atoms with Gasteiger partial charge >= 0.3 is 0 Å². The summed E-state index contributed by atoms with van der Waals surface area (Å²) in [5, 5.41) is 14.5. The summed E-state index contributed by atoms with van der Waals surface area (Å²) >= 11 is 0. The Labute approximate surface area is 189 Å². The van der Waals surface area contributed by atoms with E-state index in [1.807, 2.05) is 6.07 Å². The zero-order chi connectivity index (χ0) is 22.7. The van der Waals surface area contributed by atoms with Gasteiger partial charge in [0.2, 0.25) is 5.91 Å². The van der Waals surface area contributed by atoms with Gasteiger partial charge in [-0.05, 0) is 44.9 Å². The quantitative estimate of drug-likeness (QED) is 0.386. The van der Waals surface area contributed by atoms with Gasteiger partial charge in [-0.2, -0.15) is 0 Å². The van der Waals surface area contributed by atoms with Crippen LogP contribution < -0.4 is 10.2 Å². The molecule has 3 aliphatic rings.